The normalized spacial score (nSPS) is 15.4. The van der Waals surface area contributed by atoms with Gasteiger partial charge in [-0.05, 0) is 76.7 Å². The third kappa shape index (κ3) is 26.0. The molecule has 0 aliphatic rings. The second-order valence-electron chi connectivity index (χ2n) is 18.8. The number of carboxylic acid groups (broad SMARTS) is 1. The van der Waals surface area contributed by atoms with E-state index in [4.69, 9.17) is 34.4 Å². The van der Waals surface area contributed by atoms with Crippen molar-refractivity contribution in [3.8, 4) is 0 Å². The molecule has 0 aromatic rings. The van der Waals surface area contributed by atoms with Gasteiger partial charge in [-0.3, -0.25) is 52.9 Å². The summed E-state index contributed by atoms with van der Waals surface area (Å²) in [7, 11) is 0. The molecule has 0 aliphatic carbocycles. The Kier molecular flexibility index (Phi) is 30.0. The number of carbonyl (C=O) groups excluding carboxylic acids is 10. The van der Waals surface area contributed by atoms with Gasteiger partial charge in [0, 0.05) is 6.54 Å². The number of guanidine groups is 1. The molecular formula is C44H81N15O13. The molecule has 410 valence electrons. The van der Waals surface area contributed by atoms with E-state index in [0.29, 0.717) is 25.8 Å². The average molecular weight is 1030 g/mol. The second kappa shape index (κ2) is 33.1. The smallest absolute Gasteiger partial charge is 0.326 e. The molecule has 0 spiro atoms. The molecule has 0 aromatic carbocycles. The minimum atomic E-state index is -1.92. The minimum Gasteiger partial charge on any atom is -0.480 e. The first-order chi connectivity index (χ1) is 33.4. The molecule has 28 heteroatoms. The average Bonchev–Trinajstić information content (AvgIpc) is 3.25. The summed E-state index contributed by atoms with van der Waals surface area (Å²) in [5.74, 6) is -12.5. The standard InChI is InChI=1S/C44H81N15O13/c1-20(2)16-27(55-36(64)25(46)12-9-10-14-45)39(67)58-33(22(5)6)41(69)52-23(7)35(63)54-28(18-31(47)61)38(66)56-29(19-32(48)62)40(68)59-34(24(8)60)42(70)53-26(13-11-15-51-44(49)50)37(65)57-30(43(71)72)17-21(3)4/h20-30,33-34,60H,9-19,45-46H2,1-8H3,(H2,47,61)(H2,48,62)(H,52,69)(H,53,70)(H,54,63)(H,55,64)(H,56,66)(H,57,65)(H,58,67)(H,59,68)(H,71,72)(H4,49,50,51)/t23-,24+,25-,26-,27-,28-,29-,30-,33-,34-/m0/s1. The molecule has 0 bridgehead atoms. The molecule has 10 amide bonds. The van der Waals surface area contributed by atoms with Crippen molar-refractivity contribution in [3.63, 3.8) is 0 Å². The van der Waals surface area contributed by atoms with Crippen molar-refractivity contribution in [2.75, 3.05) is 13.1 Å². The maximum atomic E-state index is 13.7. The maximum absolute atomic E-state index is 13.7. The molecule has 28 nitrogen and oxygen atoms in total. The Labute approximate surface area is 419 Å². The van der Waals surface area contributed by atoms with Gasteiger partial charge in [-0.2, -0.15) is 0 Å². The molecule has 0 rings (SSSR count). The van der Waals surface area contributed by atoms with Crippen LogP contribution in [0.15, 0.2) is 4.99 Å². The minimum absolute atomic E-state index is 0.0000927. The van der Waals surface area contributed by atoms with Crippen LogP contribution in [0.2, 0.25) is 0 Å². The fourth-order valence-corrected chi connectivity index (χ4v) is 6.83. The lowest BCUT2D eigenvalue weighted by Gasteiger charge is -2.28. The molecule has 0 radical (unpaired) electrons. The van der Waals surface area contributed by atoms with Gasteiger partial charge in [-0.25, -0.2) is 4.79 Å². The molecule has 0 aromatic heterocycles. The fraction of sp³-hybridized carbons (Fsp3) is 0.727. The van der Waals surface area contributed by atoms with Gasteiger partial charge in [-0.1, -0.05) is 48.0 Å². The van der Waals surface area contributed by atoms with Crippen LogP contribution >= 0.6 is 0 Å². The number of carbonyl (C=O) groups is 11. The van der Waals surface area contributed by atoms with Gasteiger partial charge in [0.25, 0.3) is 0 Å². The zero-order valence-electron chi connectivity index (χ0n) is 42.6. The number of rotatable bonds is 35. The molecule has 22 N–H and O–H groups in total. The van der Waals surface area contributed by atoms with Crippen LogP contribution < -0.4 is 76.9 Å². The van der Waals surface area contributed by atoms with E-state index in [1.807, 2.05) is 13.8 Å². The van der Waals surface area contributed by atoms with Gasteiger partial charge in [0.15, 0.2) is 5.96 Å². The summed E-state index contributed by atoms with van der Waals surface area (Å²) in [5, 5.41) is 39.3. The number of amides is 10. The van der Waals surface area contributed by atoms with Crippen molar-refractivity contribution in [3.05, 3.63) is 0 Å². The van der Waals surface area contributed by atoms with E-state index in [-0.39, 0.29) is 50.0 Å². The number of aliphatic hydroxyl groups excluding tert-OH is 1. The number of aliphatic imine (C=N–C) groups is 1. The van der Waals surface area contributed by atoms with Crippen LogP contribution in [-0.4, -0.2) is 155 Å². The number of nitrogens with one attached hydrogen (secondary N) is 8. The Morgan fingerprint density at radius 2 is 0.917 bits per heavy atom. The van der Waals surface area contributed by atoms with Gasteiger partial charge in [0.1, 0.15) is 48.3 Å². The lowest BCUT2D eigenvalue weighted by Crippen LogP contribution is -2.62. The topological polar surface area (TPSA) is 493 Å². The number of aliphatic hydroxyl groups is 1. The highest BCUT2D eigenvalue weighted by molar-refractivity contribution is 6.00. The Morgan fingerprint density at radius 3 is 1.39 bits per heavy atom. The Bertz CT molecular complexity index is 1900. The van der Waals surface area contributed by atoms with Crippen molar-refractivity contribution in [2.45, 2.75) is 174 Å². The van der Waals surface area contributed by atoms with Crippen molar-refractivity contribution in [1.82, 2.24) is 42.5 Å². The van der Waals surface area contributed by atoms with E-state index < -0.39 is 144 Å². The predicted octanol–water partition coefficient (Wildman–Crippen LogP) is -5.64. The lowest BCUT2D eigenvalue weighted by atomic mass is 9.99. The third-order valence-electron chi connectivity index (χ3n) is 10.7. The third-order valence-corrected chi connectivity index (χ3v) is 10.7. The summed E-state index contributed by atoms with van der Waals surface area (Å²) < 4.78 is 0. The number of carboxylic acids is 1. The maximum Gasteiger partial charge on any atom is 0.326 e. The summed E-state index contributed by atoms with van der Waals surface area (Å²) >= 11 is 0. The summed E-state index contributed by atoms with van der Waals surface area (Å²) in [6.45, 7) is 13.1. The summed E-state index contributed by atoms with van der Waals surface area (Å²) in [4.78, 5) is 148. The molecule has 10 atom stereocenters. The first-order valence-electron chi connectivity index (χ1n) is 23.8. The predicted molar refractivity (Wildman–Crippen MR) is 263 cm³/mol. The lowest BCUT2D eigenvalue weighted by molar-refractivity contribution is -0.143. The molecular weight excluding hydrogens is 947 g/mol. The number of unbranched alkanes of at least 4 members (excludes halogenated alkanes) is 1. The second-order valence-corrected chi connectivity index (χ2v) is 18.8. The van der Waals surface area contributed by atoms with Crippen molar-refractivity contribution >= 4 is 71.0 Å². The van der Waals surface area contributed by atoms with Crippen LogP contribution in [0, 0.1) is 17.8 Å². The van der Waals surface area contributed by atoms with Gasteiger partial charge < -0.3 is 87.1 Å². The van der Waals surface area contributed by atoms with Crippen LogP contribution in [-0.2, 0) is 52.7 Å². The molecule has 0 fully saturated rings. The van der Waals surface area contributed by atoms with Crippen molar-refractivity contribution in [2.24, 2.45) is 57.1 Å². The zero-order valence-corrected chi connectivity index (χ0v) is 42.6. The highest BCUT2D eigenvalue weighted by Crippen LogP contribution is 2.11. The van der Waals surface area contributed by atoms with Crippen LogP contribution in [0.3, 0.4) is 0 Å². The van der Waals surface area contributed by atoms with Gasteiger partial charge in [0.2, 0.25) is 59.1 Å². The van der Waals surface area contributed by atoms with Crippen LogP contribution in [0.1, 0.15) is 113 Å². The number of aliphatic carboxylic acids is 1. The molecule has 0 saturated heterocycles. The zero-order chi connectivity index (χ0) is 55.6. The Balaban J connectivity index is 6.33. The van der Waals surface area contributed by atoms with Gasteiger partial charge in [0.05, 0.1) is 25.0 Å². The SMILES string of the molecule is CC(C)C[C@H](NC(=O)[C@H](CCCN=C(N)N)NC(=O)[C@@H](NC(=O)[C@H](CC(N)=O)NC(=O)[C@H](CC(N)=O)NC(=O)[C@H](C)NC(=O)[C@@H](NC(=O)[C@H](CC(C)C)NC(=O)[C@@H](N)CCCCN)C(C)C)[C@@H](C)O)C(=O)O. The Morgan fingerprint density at radius 1 is 0.486 bits per heavy atom. The monoisotopic (exact) mass is 1030 g/mol. The van der Waals surface area contributed by atoms with E-state index in [9.17, 15) is 63.0 Å². The number of nitrogens with two attached hydrogens (primary N) is 6. The van der Waals surface area contributed by atoms with Gasteiger partial charge in [-0.15, -0.1) is 0 Å². The van der Waals surface area contributed by atoms with E-state index >= 15 is 0 Å². The molecule has 0 unspecified atom stereocenters. The van der Waals surface area contributed by atoms with Crippen LogP contribution in [0.5, 0.6) is 0 Å². The van der Waals surface area contributed by atoms with Crippen LogP contribution in [0.25, 0.3) is 0 Å². The molecule has 0 saturated carbocycles. The summed E-state index contributed by atoms with van der Waals surface area (Å²) in [5.41, 5.74) is 33.0. The molecule has 72 heavy (non-hydrogen) atoms. The molecule has 0 heterocycles. The van der Waals surface area contributed by atoms with E-state index in [1.54, 1.807) is 27.7 Å². The van der Waals surface area contributed by atoms with Crippen molar-refractivity contribution < 1.29 is 63.0 Å². The Hall–Kier alpha value is -6.68. The number of nitrogens with zero attached hydrogens (tertiary/aromatic N) is 1. The van der Waals surface area contributed by atoms with E-state index in [0.717, 1.165) is 6.92 Å². The summed E-state index contributed by atoms with van der Waals surface area (Å²) in [6, 6.07) is -13.1. The highest BCUT2D eigenvalue weighted by atomic mass is 16.4. The highest BCUT2D eigenvalue weighted by Gasteiger charge is 2.37. The number of hydrogen-bond donors (Lipinski definition) is 16. The first-order valence-corrected chi connectivity index (χ1v) is 23.8. The number of hydrogen-bond acceptors (Lipinski definition) is 15. The van der Waals surface area contributed by atoms with Crippen LogP contribution in [0.4, 0.5) is 0 Å². The van der Waals surface area contributed by atoms with Gasteiger partial charge >= 0.3 is 5.97 Å². The van der Waals surface area contributed by atoms with E-state index in [2.05, 4.69) is 47.5 Å². The fourth-order valence-electron chi connectivity index (χ4n) is 6.83. The summed E-state index contributed by atoms with van der Waals surface area (Å²) in [6.07, 6.45) is -1.76. The molecule has 0 aliphatic heterocycles. The largest absolute Gasteiger partial charge is 0.480 e. The number of primary amides is 2. The van der Waals surface area contributed by atoms with E-state index in [1.165, 1.54) is 6.92 Å². The van der Waals surface area contributed by atoms with Crippen molar-refractivity contribution in [1.29, 1.82) is 0 Å². The first kappa shape index (κ1) is 65.3. The quantitative estimate of drug-likeness (QED) is 0.0160.